The van der Waals surface area contributed by atoms with E-state index < -0.39 is 24.3 Å². The Bertz CT molecular complexity index is 614. The summed E-state index contributed by atoms with van der Waals surface area (Å²) >= 11 is 5.90. The second kappa shape index (κ2) is 8.98. The maximum Gasteiger partial charge on any atom is 0.319 e. The molecule has 1 aromatic rings. The maximum absolute atomic E-state index is 12.1. The largest absolute Gasteiger partial charge is 0.394 e. The molecule has 4 atom stereocenters. The lowest BCUT2D eigenvalue weighted by Crippen LogP contribution is -2.54. The summed E-state index contributed by atoms with van der Waals surface area (Å²) < 4.78 is 11.1. The van der Waals surface area contributed by atoms with E-state index >= 15 is 0 Å². The minimum Gasteiger partial charge on any atom is -0.394 e. The van der Waals surface area contributed by atoms with E-state index in [4.69, 9.17) is 21.1 Å². The molecule has 0 unspecified atom stereocenters. The van der Waals surface area contributed by atoms with Crippen molar-refractivity contribution in [2.75, 3.05) is 44.8 Å². The summed E-state index contributed by atoms with van der Waals surface area (Å²) in [6, 6.07) is 6.16. The lowest BCUT2D eigenvalue weighted by molar-refractivity contribution is -0.0214. The van der Waals surface area contributed by atoms with Crippen LogP contribution in [0.25, 0.3) is 0 Å². The zero-order chi connectivity index (χ0) is 18.5. The lowest BCUT2D eigenvalue weighted by Gasteiger charge is -2.36. The summed E-state index contributed by atoms with van der Waals surface area (Å²) in [7, 11) is 0. The number of aliphatic hydroxyl groups excluding tert-OH is 2. The van der Waals surface area contributed by atoms with Crippen LogP contribution in [0.3, 0.4) is 0 Å². The highest BCUT2D eigenvalue weighted by molar-refractivity contribution is 6.30. The maximum atomic E-state index is 12.1. The Labute approximate surface area is 157 Å². The number of nitrogens with zero attached hydrogens (tertiary/aromatic N) is 1. The number of rotatable bonds is 5. The number of hydrogen-bond acceptors (Lipinski definition) is 6. The molecule has 0 radical (unpaired) electrons. The zero-order valence-electron chi connectivity index (χ0n) is 14.3. The van der Waals surface area contributed by atoms with E-state index in [9.17, 15) is 15.0 Å². The van der Waals surface area contributed by atoms with Crippen LogP contribution in [0, 0.1) is 0 Å². The highest BCUT2D eigenvalue weighted by Gasteiger charge is 2.46. The fourth-order valence-corrected chi connectivity index (χ4v) is 3.60. The Kier molecular flexibility index (Phi) is 6.68. The standard InChI is InChI=1S/C17H24ClN3O5/c18-11-2-1-3-12(8-11)20-17(24)19-9-13-15(16(23)14(10-22)26-13)21-4-6-25-7-5-21/h1-3,8,13-16,22-23H,4-7,9-10H2,(H2,19,20,24)/t13-,14+,15+,16-/m1/s1. The lowest BCUT2D eigenvalue weighted by atomic mass is 10.0. The molecule has 2 saturated heterocycles. The molecule has 1 aromatic carbocycles. The van der Waals surface area contributed by atoms with Crippen molar-refractivity contribution in [3.8, 4) is 0 Å². The summed E-state index contributed by atoms with van der Waals surface area (Å²) in [6.45, 7) is 2.46. The van der Waals surface area contributed by atoms with Crippen molar-refractivity contribution < 1.29 is 24.5 Å². The Morgan fingerprint density at radius 3 is 2.77 bits per heavy atom. The van der Waals surface area contributed by atoms with E-state index in [0.29, 0.717) is 37.0 Å². The van der Waals surface area contributed by atoms with Crippen LogP contribution >= 0.6 is 11.6 Å². The Hall–Kier alpha value is -1.42. The van der Waals surface area contributed by atoms with Crippen molar-refractivity contribution in [2.24, 2.45) is 0 Å². The molecule has 9 heteroatoms. The van der Waals surface area contributed by atoms with Gasteiger partial charge in [0, 0.05) is 30.3 Å². The van der Waals surface area contributed by atoms with Gasteiger partial charge in [-0.2, -0.15) is 0 Å². The number of aliphatic hydroxyl groups is 2. The zero-order valence-corrected chi connectivity index (χ0v) is 15.1. The second-order valence-corrected chi connectivity index (χ2v) is 6.81. The van der Waals surface area contributed by atoms with Gasteiger partial charge in [-0.15, -0.1) is 0 Å². The number of benzene rings is 1. The number of morpholine rings is 1. The Morgan fingerprint density at radius 2 is 2.08 bits per heavy atom. The summed E-state index contributed by atoms with van der Waals surface area (Å²) in [5.41, 5.74) is 0.584. The topological polar surface area (TPSA) is 103 Å². The quantitative estimate of drug-likeness (QED) is 0.580. The molecular weight excluding hydrogens is 362 g/mol. The molecule has 3 rings (SSSR count). The molecule has 0 aliphatic carbocycles. The molecule has 144 valence electrons. The Morgan fingerprint density at radius 1 is 1.31 bits per heavy atom. The van der Waals surface area contributed by atoms with E-state index in [0.717, 1.165) is 0 Å². The highest BCUT2D eigenvalue weighted by Crippen LogP contribution is 2.26. The van der Waals surface area contributed by atoms with Crippen LogP contribution in [-0.4, -0.2) is 85.0 Å². The first kappa shape index (κ1) is 19.3. The van der Waals surface area contributed by atoms with E-state index in [2.05, 4.69) is 15.5 Å². The third-order valence-electron chi connectivity index (χ3n) is 4.65. The van der Waals surface area contributed by atoms with Gasteiger partial charge in [-0.3, -0.25) is 4.90 Å². The predicted molar refractivity (Wildman–Crippen MR) is 96.4 cm³/mol. The van der Waals surface area contributed by atoms with Crippen molar-refractivity contribution in [2.45, 2.75) is 24.4 Å². The second-order valence-electron chi connectivity index (χ2n) is 6.37. The van der Waals surface area contributed by atoms with Gasteiger partial charge in [-0.1, -0.05) is 17.7 Å². The van der Waals surface area contributed by atoms with E-state index in [1.807, 2.05) is 0 Å². The average molecular weight is 386 g/mol. The van der Waals surface area contributed by atoms with Crippen LogP contribution in [0.15, 0.2) is 24.3 Å². The minimum absolute atomic E-state index is 0.210. The number of hydrogen-bond donors (Lipinski definition) is 4. The number of carbonyl (C=O) groups is 1. The number of carbonyl (C=O) groups excluding carboxylic acids is 1. The van der Waals surface area contributed by atoms with Crippen molar-refractivity contribution in [1.29, 1.82) is 0 Å². The Balaban J connectivity index is 1.58. The van der Waals surface area contributed by atoms with E-state index in [-0.39, 0.29) is 19.2 Å². The summed E-state index contributed by atoms with van der Waals surface area (Å²) in [6.07, 6.45) is -1.91. The average Bonchev–Trinajstić information content (AvgIpc) is 2.96. The van der Waals surface area contributed by atoms with Crippen LogP contribution in [0.2, 0.25) is 5.02 Å². The smallest absolute Gasteiger partial charge is 0.319 e. The van der Waals surface area contributed by atoms with Crippen LogP contribution < -0.4 is 10.6 Å². The molecule has 2 aliphatic heterocycles. The molecule has 0 bridgehead atoms. The van der Waals surface area contributed by atoms with Crippen LogP contribution in [0.4, 0.5) is 10.5 Å². The fourth-order valence-electron chi connectivity index (χ4n) is 3.41. The minimum atomic E-state index is -0.819. The van der Waals surface area contributed by atoms with Crippen molar-refractivity contribution in [3.05, 3.63) is 29.3 Å². The van der Waals surface area contributed by atoms with Gasteiger partial charge < -0.3 is 30.3 Å². The summed E-state index contributed by atoms with van der Waals surface area (Å²) in [5, 5.41) is 25.9. The van der Waals surface area contributed by atoms with Crippen molar-refractivity contribution >= 4 is 23.3 Å². The number of urea groups is 1. The van der Waals surface area contributed by atoms with Gasteiger partial charge in [0.05, 0.1) is 32.0 Å². The molecule has 0 aromatic heterocycles. The molecule has 0 spiro atoms. The van der Waals surface area contributed by atoms with Gasteiger partial charge in [-0.25, -0.2) is 4.79 Å². The molecule has 26 heavy (non-hydrogen) atoms. The first-order chi connectivity index (χ1) is 12.6. The third-order valence-corrected chi connectivity index (χ3v) is 4.89. The van der Waals surface area contributed by atoms with Gasteiger partial charge in [0.2, 0.25) is 0 Å². The molecule has 0 saturated carbocycles. The monoisotopic (exact) mass is 385 g/mol. The van der Waals surface area contributed by atoms with Gasteiger partial charge in [-0.05, 0) is 18.2 Å². The molecule has 4 N–H and O–H groups in total. The van der Waals surface area contributed by atoms with Gasteiger partial charge >= 0.3 is 6.03 Å². The molecule has 2 aliphatic rings. The van der Waals surface area contributed by atoms with Gasteiger partial charge in [0.25, 0.3) is 0 Å². The number of anilines is 1. The van der Waals surface area contributed by atoms with Crippen LogP contribution in [0.5, 0.6) is 0 Å². The number of nitrogens with one attached hydrogen (secondary N) is 2. The molecular formula is C17H24ClN3O5. The first-order valence-corrected chi connectivity index (χ1v) is 9.03. The normalized spacial score (nSPS) is 29.5. The summed E-state index contributed by atoms with van der Waals surface area (Å²) in [5.74, 6) is 0. The predicted octanol–water partition coefficient (Wildman–Crippen LogP) is 0.283. The van der Waals surface area contributed by atoms with E-state index in [1.54, 1.807) is 24.3 Å². The number of ether oxygens (including phenoxy) is 2. The molecule has 2 amide bonds. The highest BCUT2D eigenvalue weighted by atomic mass is 35.5. The van der Waals surface area contributed by atoms with Gasteiger partial charge in [0.1, 0.15) is 12.2 Å². The first-order valence-electron chi connectivity index (χ1n) is 8.65. The van der Waals surface area contributed by atoms with Gasteiger partial charge in [0.15, 0.2) is 0 Å². The van der Waals surface area contributed by atoms with Crippen molar-refractivity contribution in [1.82, 2.24) is 10.2 Å². The number of amides is 2. The third kappa shape index (κ3) is 4.64. The molecule has 2 heterocycles. The summed E-state index contributed by atoms with van der Waals surface area (Å²) in [4.78, 5) is 14.2. The van der Waals surface area contributed by atoms with Crippen LogP contribution in [0.1, 0.15) is 0 Å². The molecule has 8 nitrogen and oxygen atoms in total. The van der Waals surface area contributed by atoms with E-state index in [1.165, 1.54) is 0 Å². The van der Waals surface area contributed by atoms with Crippen molar-refractivity contribution in [3.63, 3.8) is 0 Å². The SMILES string of the molecule is O=C(NC[C@H]1O[C@@H](CO)[C@@H](O)[C@H]1N1CCOCC1)Nc1cccc(Cl)c1. The van der Waals surface area contributed by atoms with Crippen LogP contribution in [-0.2, 0) is 9.47 Å². The molecule has 2 fully saturated rings. The number of halogens is 1. The fraction of sp³-hybridized carbons (Fsp3) is 0.588.